The molecule has 0 bridgehead atoms. The Morgan fingerprint density at radius 2 is 1.93 bits per heavy atom. The van der Waals surface area contributed by atoms with Crippen LogP contribution in [0.15, 0.2) is 59.1 Å². The highest BCUT2D eigenvalue weighted by Crippen LogP contribution is 2.47. The number of allylic oxidation sites excluding steroid dienone is 3. The number of nitrogens with zero attached hydrogens (tertiary/aromatic N) is 2. The molecule has 0 aromatic heterocycles. The van der Waals surface area contributed by atoms with Crippen LogP contribution in [0, 0.1) is 32.1 Å². The zero-order chi connectivity index (χ0) is 21.6. The highest BCUT2D eigenvalue weighted by Gasteiger charge is 2.41. The fourth-order valence-corrected chi connectivity index (χ4v) is 4.83. The number of benzene rings is 2. The van der Waals surface area contributed by atoms with Gasteiger partial charge < -0.3 is 5.73 Å². The smallest absolute Gasteiger partial charge is 0.161 e. The van der Waals surface area contributed by atoms with Crippen molar-refractivity contribution >= 4 is 23.1 Å². The second kappa shape index (κ2) is 7.66. The monoisotopic (exact) mass is 417 g/mol. The molecule has 4 nitrogen and oxygen atoms in total. The van der Waals surface area contributed by atoms with Gasteiger partial charge in [-0.15, -0.1) is 0 Å². The number of carbonyl (C=O) groups is 1. The lowest BCUT2D eigenvalue weighted by molar-refractivity contribution is -0.116. The number of anilines is 1. The van der Waals surface area contributed by atoms with Gasteiger partial charge in [0.1, 0.15) is 5.82 Å². The van der Waals surface area contributed by atoms with Crippen LogP contribution in [-0.4, -0.2) is 5.78 Å². The molecule has 30 heavy (non-hydrogen) atoms. The first-order valence-electron chi connectivity index (χ1n) is 10.1. The van der Waals surface area contributed by atoms with E-state index in [0.29, 0.717) is 28.4 Å². The number of hydrogen-bond acceptors (Lipinski definition) is 4. The number of rotatable bonds is 2. The summed E-state index contributed by atoms with van der Waals surface area (Å²) in [4.78, 5) is 15.1. The molecule has 0 spiro atoms. The topological polar surface area (TPSA) is 70.1 Å². The quantitative estimate of drug-likeness (QED) is 0.693. The Balaban J connectivity index is 2.02. The van der Waals surface area contributed by atoms with E-state index in [1.54, 1.807) is 0 Å². The van der Waals surface area contributed by atoms with Crippen LogP contribution in [0.25, 0.3) is 0 Å². The molecule has 1 heterocycles. The molecule has 1 atom stereocenters. The average Bonchev–Trinajstić information content (AvgIpc) is 2.70. The first-order valence-corrected chi connectivity index (χ1v) is 10.5. The molecule has 2 N–H and O–H groups in total. The van der Waals surface area contributed by atoms with Gasteiger partial charge in [0.2, 0.25) is 0 Å². The summed E-state index contributed by atoms with van der Waals surface area (Å²) in [5.74, 6) is 0.0292. The largest absolute Gasteiger partial charge is 0.384 e. The van der Waals surface area contributed by atoms with Gasteiger partial charge in [0, 0.05) is 22.7 Å². The van der Waals surface area contributed by atoms with Crippen molar-refractivity contribution in [3.8, 4) is 6.07 Å². The maximum atomic E-state index is 13.2. The number of hydrogen-bond donors (Lipinski definition) is 1. The van der Waals surface area contributed by atoms with Crippen molar-refractivity contribution in [2.75, 3.05) is 4.90 Å². The van der Waals surface area contributed by atoms with Crippen molar-refractivity contribution in [1.82, 2.24) is 0 Å². The summed E-state index contributed by atoms with van der Waals surface area (Å²) in [6.45, 7) is 5.99. The van der Waals surface area contributed by atoms with Crippen molar-refractivity contribution in [2.45, 2.75) is 46.0 Å². The number of Topliss-reactive ketones (excluding diaryl/α,β-unsaturated/α-hetero) is 1. The normalized spacial score (nSPS) is 19.1. The number of aryl methyl sites for hydroxylation is 2. The number of nitrogens with two attached hydrogens (primary N) is 1. The van der Waals surface area contributed by atoms with E-state index in [4.69, 9.17) is 17.3 Å². The molecule has 0 fully saturated rings. The highest BCUT2D eigenvalue weighted by molar-refractivity contribution is 6.31. The van der Waals surface area contributed by atoms with Crippen LogP contribution in [-0.2, 0) is 4.79 Å². The Bertz CT molecular complexity index is 1170. The molecular weight excluding hydrogens is 394 g/mol. The molecule has 0 unspecified atom stereocenters. The first-order chi connectivity index (χ1) is 14.3. The second-order valence-corrected chi connectivity index (χ2v) is 8.47. The predicted molar refractivity (Wildman–Crippen MR) is 120 cm³/mol. The maximum Gasteiger partial charge on any atom is 0.161 e. The molecule has 0 saturated carbocycles. The van der Waals surface area contributed by atoms with Crippen LogP contribution in [0.3, 0.4) is 0 Å². The van der Waals surface area contributed by atoms with Crippen LogP contribution in [0.2, 0.25) is 5.02 Å². The van der Waals surface area contributed by atoms with Gasteiger partial charge >= 0.3 is 0 Å². The number of carbonyl (C=O) groups excluding carboxylic acids is 1. The Morgan fingerprint density at radius 1 is 1.17 bits per heavy atom. The highest BCUT2D eigenvalue weighted by atomic mass is 35.5. The van der Waals surface area contributed by atoms with Crippen LogP contribution < -0.4 is 10.6 Å². The molecule has 1 aliphatic heterocycles. The average molecular weight is 418 g/mol. The minimum atomic E-state index is -0.436. The van der Waals surface area contributed by atoms with E-state index in [2.05, 4.69) is 12.1 Å². The summed E-state index contributed by atoms with van der Waals surface area (Å²) in [6.07, 6.45) is 1.98. The van der Waals surface area contributed by atoms with Crippen LogP contribution >= 0.6 is 11.6 Å². The molecule has 2 aromatic rings. The summed E-state index contributed by atoms with van der Waals surface area (Å²) in [7, 11) is 0. The lowest BCUT2D eigenvalue weighted by Crippen LogP contribution is -2.39. The van der Waals surface area contributed by atoms with Gasteiger partial charge in [-0.1, -0.05) is 41.4 Å². The second-order valence-electron chi connectivity index (χ2n) is 8.06. The minimum Gasteiger partial charge on any atom is -0.384 e. The standard InChI is InChI=1S/C25H24ClN3O/c1-14-10-11-17(15(2)12-14)23-18(13-27)25(28)29(20-7-4-6-19(26)16(20)3)21-8-5-9-22(30)24(21)23/h4,6-7,10-12,23H,5,8-9,28H2,1-3H3/t23-/m1/s1. The van der Waals surface area contributed by atoms with E-state index in [9.17, 15) is 10.1 Å². The van der Waals surface area contributed by atoms with Crippen molar-refractivity contribution in [3.05, 3.63) is 86.3 Å². The van der Waals surface area contributed by atoms with E-state index < -0.39 is 5.92 Å². The molecule has 2 aromatic carbocycles. The van der Waals surface area contributed by atoms with Gasteiger partial charge in [0.05, 0.1) is 23.2 Å². The van der Waals surface area contributed by atoms with Crippen molar-refractivity contribution in [1.29, 1.82) is 5.26 Å². The Morgan fingerprint density at radius 3 is 2.63 bits per heavy atom. The molecule has 0 saturated heterocycles. The van der Waals surface area contributed by atoms with E-state index in [1.807, 2.05) is 56.0 Å². The number of halogens is 1. The summed E-state index contributed by atoms with van der Waals surface area (Å²) < 4.78 is 0. The molecule has 2 aliphatic rings. The van der Waals surface area contributed by atoms with Crippen molar-refractivity contribution < 1.29 is 4.79 Å². The molecule has 4 rings (SSSR count). The maximum absolute atomic E-state index is 13.2. The predicted octanol–water partition coefficient (Wildman–Crippen LogP) is 5.57. The van der Waals surface area contributed by atoms with Crippen LogP contribution in [0.4, 0.5) is 5.69 Å². The Labute approximate surface area is 182 Å². The molecular formula is C25H24ClN3O. The van der Waals surface area contributed by atoms with Gasteiger partial charge in [-0.25, -0.2) is 0 Å². The Kier molecular flexibility index (Phi) is 5.17. The van der Waals surface area contributed by atoms with Gasteiger partial charge in [0.15, 0.2) is 5.78 Å². The van der Waals surface area contributed by atoms with E-state index in [-0.39, 0.29) is 5.78 Å². The third kappa shape index (κ3) is 3.11. The van der Waals surface area contributed by atoms with Gasteiger partial charge in [-0.05, 0) is 62.4 Å². The molecule has 0 amide bonds. The number of ketones is 1. The number of nitriles is 1. The minimum absolute atomic E-state index is 0.0890. The zero-order valence-electron chi connectivity index (χ0n) is 17.4. The van der Waals surface area contributed by atoms with E-state index in [1.165, 1.54) is 0 Å². The molecule has 1 aliphatic carbocycles. The zero-order valence-corrected chi connectivity index (χ0v) is 18.2. The Hall–Kier alpha value is -3.03. The summed E-state index contributed by atoms with van der Waals surface area (Å²) in [5, 5.41) is 10.8. The third-order valence-electron chi connectivity index (χ3n) is 6.13. The van der Waals surface area contributed by atoms with Gasteiger partial charge in [0.25, 0.3) is 0 Å². The van der Waals surface area contributed by atoms with Gasteiger partial charge in [-0.2, -0.15) is 5.26 Å². The lowest BCUT2D eigenvalue weighted by Gasteiger charge is -2.40. The SMILES string of the molecule is Cc1ccc([C@@H]2C(C#N)=C(N)N(c3cccc(Cl)c3C)C3=C2C(=O)CCC3)c(C)c1. The third-order valence-corrected chi connectivity index (χ3v) is 6.54. The first kappa shape index (κ1) is 20.3. The van der Waals surface area contributed by atoms with Crippen molar-refractivity contribution in [3.63, 3.8) is 0 Å². The van der Waals surface area contributed by atoms with Crippen LogP contribution in [0.5, 0.6) is 0 Å². The molecule has 0 radical (unpaired) electrons. The summed E-state index contributed by atoms with van der Waals surface area (Å²) in [5.41, 5.74) is 13.5. The van der Waals surface area contributed by atoms with Crippen LogP contribution in [0.1, 0.15) is 47.4 Å². The fourth-order valence-electron chi connectivity index (χ4n) is 4.66. The summed E-state index contributed by atoms with van der Waals surface area (Å²) >= 11 is 6.38. The van der Waals surface area contributed by atoms with E-state index in [0.717, 1.165) is 46.5 Å². The van der Waals surface area contributed by atoms with Crippen molar-refractivity contribution in [2.24, 2.45) is 5.73 Å². The van der Waals surface area contributed by atoms with Gasteiger partial charge in [-0.3, -0.25) is 9.69 Å². The lowest BCUT2D eigenvalue weighted by atomic mass is 9.74. The molecule has 5 heteroatoms. The van der Waals surface area contributed by atoms with E-state index >= 15 is 0 Å². The molecule has 152 valence electrons. The fraction of sp³-hybridized carbons (Fsp3) is 0.280. The summed E-state index contributed by atoms with van der Waals surface area (Å²) in [6, 6.07) is 14.1.